The van der Waals surface area contributed by atoms with E-state index in [1.54, 1.807) is 7.11 Å². The number of rotatable bonds is 3. The summed E-state index contributed by atoms with van der Waals surface area (Å²) in [5, 5.41) is 3.12. The lowest BCUT2D eigenvalue weighted by Crippen LogP contribution is -1.97. The Hall–Kier alpha value is -2.03. The molecule has 0 radical (unpaired) electrons. The van der Waals surface area contributed by atoms with Gasteiger partial charge in [0.05, 0.1) is 7.11 Å². The molecule has 3 nitrogen and oxygen atoms in total. The first kappa shape index (κ1) is 11.5. The van der Waals surface area contributed by atoms with Crippen LogP contribution in [0, 0.1) is 6.92 Å². The number of aryl methyl sites for hydroxylation is 1. The topological polar surface area (TPSA) is 34.2 Å². The molecule has 0 amide bonds. The summed E-state index contributed by atoms with van der Waals surface area (Å²) in [4.78, 5) is 4.33. The summed E-state index contributed by atoms with van der Waals surface area (Å²) in [7, 11) is 3.55. The van der Waals surface area contributed by atoms with Crippen molar-refractivity contribution in [3.05, 3.63) is 42.1 Å². The number of nitrogens with one attached hydrogen (secondary N) is 1. The molecule has 0 saturated heterocycles. The second-order valence-electron chi connectivity index (χ2n) is 3.83. The van der Waals surface area contributed by atoms with Crippen LogP contribution in [0.5, 0.6) is 5.75 Å². The summed E-state index contributed by atoms with van der Waals surface area (Å²) in [5.74, 6) is 1.76. The molecule has 0 fully saturated rings. The summed E-state index contributed by atoms with van der Waals surface area (Å²) < 4.78 is 5.16. The molecule has 1 aromatic carbocycles. The van der Waals surface area contributed by atoms with E-state index in [0.717, 1.165) is 22.7 Å². The average molecular weight is 228 g/mol. The number of nitrogens with zero attached hydrogens (tertiary/aromatic N) is 1. The fraction of sp³-hybridized carbons (Fsp3) is 0.214. The van der Waals surface area contributed by atoms with Gasteiger partial charge in [0.1, 0.15) is 11.6 Å². The van der Waals surface area contributed by atoms with Crippen molar-refractivity contribution in [2.24, 2.45) is 0 Å². The molecule has 2 aromatic rings. The lowest BCUT2D eigenvalue weighted by atomic mass is 10.0. The number of hydrogen-bond donors (Lipinski definition) is 1. The molecular weight excluding hydrogens is 212 g/mol. The molecule has 0 unspecified atom stereocenters. The third kappa shape index (κ3) is 2.23. The zero-order chi connectivity index (χ0) is 12.3. The fourth-order valence-corrected chi connectivity index (χ4v) is 1.87. The second kappa shape index (κ2) is 4.87. The van der Waals surface area contributed by atoms with Crippen molar-refractivity contribution in [2.75, 3.05) is 19.5 Å². The first-order chi connectivity index (χ1) is 8.26. The maximum absolute atomic E-state index is 5.16. The highest BCUT2D eigenvalue weighted by Crippen LogP contribution is 2.30. The van der Waals surface area contributed by atoms with Gasteiger partial charge in [0, 0.05) is 18.8 Å². The highest BCUT2D eigenvalue weighted by molar-refractivity contribution is 5.78. The molecule has 0 spiro atoms. The van der Waals surface area contributed by atoms with Crippen molar-refractivity contribution < 1.29 is 4.74 Å². The molecular formula is C14H16N2O. The Morgan fingerprint density at radius 2 is 1.82 bits per heavy atom. The Labute approximate surface area is 101 Å². The Bertz CT molecular complexity index is 506. The monoisotopic (exact) mass is 228 g/mol. The molecule has 0 aliphatic carbocycles. The Balaban J connectivity index is 2.51. The predicted molar refractivity (Wildman–Crippen MR) is 70.5 cm³/mol. The van der Waals surface area contributed by atoms with Crippen molar-refractivity contribution in [1.82, 2.24) is 4.98 Å². The molecule has 0 aliphatic heterocycles. The van der Waals surface area contributed by atoms with Gasteiger partial charge < -0.3 is 10.1 Å². The number of anilines is 1. The van der Waals surface area contributed by atoms with Gasteiger partial charge in [-0.05, 0) is 36.2 Å². The summed E-state index contributed by atoms with van der Waals surface area (Å²) >= 11 is 0. The van der Waals surface area contributed by atoms with E-state index in [1.165, 1.54) is 5.56 Å². The van der Waals surface area contributed by atoms with Crippen LogP contribution >= 0.6 is 0 Å². The maximum Gasteiger partial charge on any atom is 0.133 e. The van der Waals surface area contributed by atoms with Gasteiger partial charge in [-0.25, -0.2) is 4.98 Å². The van der Waals surface area contributed by atoms with Gasteiger partial charge in [-0.1, -0.05) is 12.1 Å². The number of benzene rings is 1. The van der Waals surface area contributed by atoms with E-state index >= 15 is 0 Å². The molecule has 1 N–H and O–H groups in total. The normalized spacial score (nSPS) is 10.1. The lowest BCUT2D eigenvalue weighted by molar-refractivity contribution is 0.415. The summed E-state index contributed by atoms with van der Waals surface area (Å²) in [6, 6.07) is 10.0. The van der Waals surface area contributed by atoms with Crippen LogP contribution in [0.1, 0.15) is 5.56 Å². The van der Waals surface area contributed by atoms with Gasteiger partial charge in [-0.15, -0.1) is 0 Å². The Kier molecular flexibility index (Phi) is 3.28. The Morgan fingerprint density at radius 3 is 2.41 bits per heavy atom. The third-order valence-corrected chi connectivity index (χ3v) is 2.77. The molecule has 0 aliphatic rings. The van der Waals surface area contributed by atoms with Crippen molar-refractivity contribution >= 4 is 5.82 Å². The van der Waals surface area contributed by atoms with Crippen molar-refractivity contribution in [2.45, 2.75) is 6.92 Å². The van der Waals surface area contributed by atoms with Gasteiger partial charge in [0.2, 0.25) is 0 Å². The van der Waals surface area contributed by atoms with E-state index in [0.29, 0.717) is 0 Å². The van der Waals surface area contributed by atoms with Gasteiger partial charge >= 0.3 is 0 Å². The van der Waals surface area contributed by atoms with Crippen molar-refractivity contribution in [3.8, 4) is 16.9 Å². The minimum Gasteiger partial charge on any atom is -0.497 e. The molecule has 1 aromatic heterocycles. The standard InChI is InChI=1S/C14H16N2O/c1-10-8-9-16-14(15-2)13(10)11-4-6-12(17-3)7-5-11/h4-9H,1-3H3,(H,15,16). The average Bonchev–Trinajstić information content (AvgIpc) is 2.38. The number of aromatic nitrogens is 1. The largest absolute Gasteiger partial charge is 0.497 e. The van der Waals surface area contributed by atoms with Crippen LogP contribution in [-0.4, -0.2) is 19.1 Å². The summed E-state index contributed by atoms with van der Waals surface area (Å²) in [6.07, 6.45) is 1.81. The van der Waals surface area contributed by atoms with Crippen LogP contribution in [0.4, 0.5) is 5.82 Å². The molecule has 1 heterocycles. The van der Waals surface area contributed by atoms with Crippen molar-refractivity contribution in [1.29, 1.82) is 0 Å². The molecule has 2 rings (SSSR count). The van der Waals surface area contributed by atoms with E-state index in [-0.39, 0.29) is 0 Å². The highest BCUT2D eigenvalue weighted by Gasteiger charge is 2.08. The number of hydrogen-bond acceptors (Lipinski definition) is 3. The molecule has 0 bridgehead atoms. The number of ether oxygens (including phenoxy) is 1. The van der Waals surface area contributed by atoms with Crippen LogP contribution < -0.4 is 10.1 Å². The van der Waals surface area contributed by atoms with Crippen LogP contribution in [0.15, 0.2) is 36.5 Å². The molecule has 0 saturated carbocycles. The van der Waals surface area contributed by atoms with E-state index in [2.05, 4.69) is 17.2 Å². The smallest absolute Gasteiger partial charge is 0.133 e. The zero-order valence-corrected chi connectivity index (χ0v) is 10.3. The highest BCUT2D eigenvalue weighted by atomic mass is 16.5. The molecule has 3 heteroatoms. The van der Waals surface area contributed by atoms with E-state index in [4.69, 9.17) is 4.74 Å². The zero-order valence-electron chi connectivity index (χ0n) is 10.3. The van der Waals surface area contributed by atoms with Crippen LogP contribution in [-0.2, 0) is 0 Å². The first-order valence-corrected chi connectivity index (χ1v) is 5.54. The summed E-state index contributed by atoms with van der Waals surface area (Å²) in [6.45, 7) is 2.09. The fourth-order valence-electron chi connectivity index (χ4n) is 1.87. The van der Waals surface area contributed by atoms with Gasteiger partial charge in [0.15, 0.2) is 0 Å². The summed E-state index contributed by atoms with van der Waals surface area (Å²) in [5.41, 5.74) is 3.48. The SMILES string of the molecule is CNc1nccc(C)c1-c1ccc(OC)cc1. The number of methoxy groups -OCH3 is 1. The van der Waals surface area contributed by atoms with Crippen LogP contribution in [0.25, 0.3) is 11.1 Å². The van der Waals surface area contributed by atoms with E-state index in [9.17, 15) is 0 Å². The van der Waals surface area contributed by atoms with Gasteiger partial charge in [0.25, 0.3) is 0 Å². The number of pyridine rings is 1. The van der Waals surface area contributed by atoms with E-state index in [1.807, 2.05) is 43.6 Å². The third-order valence-electron chi connectivity index (χ3n) is 2.77. The Morgan fingerprint density at radius 1 is 1.12 bits per heavy atom. The van der Waals surface area contributed by atoms with Crippen LogP contribution in [0.3, 0.4) is 0 Å². The van der Waals surface area contributed by atoms with Crippen LogP contribution in [0.2, 0.25) is 0 Å². The quantitative estimate of drug-likeness (QED) is 0.876. The first-order valence-electron chi connectivity index (χ1n) is 5.54. The second-order valence-corrected chi connectivity index (χ2v) is 3.83. The van der Waals surface area contributed by atoms with Gasteiger partial charge in [-0.2, -0.15) is 0 Å². The van der Waals surface area contributed by atoms with Crippen molar-refractivity contribution in [3.63, 3.8) is 0 Å². The minimum atomic E-state index is 0.862. The lowest BCUT2D eigenvalue weighted by Gasteiger charge is -2.11. The minimum absolute atomic E-state index is 0.862. The molecule has 0 atom stereocenters. The predicted octanol–water partition coefficient (Wildman–Crippen LogP) is 3.11. The van der Waals surface area contributed by atoms with Gasteiger partial charge in [-0.3, -0.25) is 0 Å². The molecule has 17 heavy (non-hydrogen) atoms. The maximum atomic E-state index is 5.16. The molecule has 88 valence electrons. The van der Waals surface area contributed by atoms with E-state index < -0.39 is 0 Å².